The summed E-state index contributed by atoms with van der Waals surface area (Å²) in [6, 6.07) is 11.2. The summed E-state index contributed by atoms with van der Waals surface area (Å²) in [4.78, 5) is 28.7. The molecule has 0 spiro atoms. The first-order valence-corrected chi connectivity index (χ1v) is 9.02. The Hall–Kier alpha value is -2.14. The molecule has 5 heteroatoms. The molecule has 0 unspecified atom stereocenters. The number of carbonyl (C=O) groups is 2. The number of nitrogens with zero attached hydrogens (tertiary/aromatic N) is 1. The van der Waals surface area contributed by atoms with Crippen molar-refractivity contribution in [3.05, 3.63) is 57.3 Å². The summed E-state index contributed by atoms with van der Waals surface area (Å²) >= 11 is 1.73. The summed E-state index contributed by atoms with van der Waals surface area (Å²) in [5.74, 6) is -0.715. The third-order valence-corrected chi connectivity index (χ3v) is 6.18. The molecule has 1 N–H and O–H groups in total. The van der Waals surface area contributed by atoms with Gasteiger partial charge in [-0.2, -0.15) is 0 Å². The van der Waals surface area contributed by atoms with Gasteiger partial charge in [-0.15, -0.1) is 11.3 Å². The van der Waals surface area contributed by atoms with Gasteiger partial charge in [0.1, 0.15) is 6.04 Å². The van der Waals surface area contributed by atoms with E-state index in [4.69, 9.17) is 0 Å². The highest BCUT2D eigenvalue weighted by atomic mass is 32.1. The Morgan fingerprint density at radius 3 is 2.58 bits per heavy atom. The number of hydrogen-bond donors (Lipinski definition) is 1. The molecule has 1 amide bonds. The zero-order chi connectivity index (χ0) is 16.8. The minimum absolute atomic E-state index is 0.00652. The van der Waals surface area contributed by atoms with Gasteiger partial charge in [-0.3, -0.25) is 4.79 Å². The maximum absolute atomic E-state index is 12.9. The van der Waals surface area contributed by atoms with E-state index in [0.717, 1.165) is 17.5 Å². The maximum atomic E-state index is 12.9. The van der Waals surface area contributed by atoms with Gasteiger partial charge >= 0.3 is 5.97 Å². The van der Waals surface area contributed by atoms with Crippen LogP contribution < -0.4 is 0 Å². The van der Waals surface area contributed by atoms with Crippen LogP contribution >= 0.6 is 11.3 Å². The topological polar surface area (TPSA) is 57.6 Å². The molecule has 3 atom stereocenters. The van der Waals surface area contributed by atoms with Crippen LogP contribution in [0.5, 0.6) is 0 Å². The van der Waals surface area contributed by atoms with Gasteiger partial charge in [0.2, 0.25) is 5.91 Å². The van der Waals surface area contributed by atoms with Gasteiger partial charge in [-0.05, 0) is 36.6 Å². The number of carboxylic acid groups (broad SMARTS) is 1. The lowest BCUT2D eigenvalue weighted by Crippen LogP contribution is -2.49. The SMILES string of the molecule is Cc1ccc([C@@H]2C[C@H]2C(=O)N2Cc3ccccc3C[C@@H]2C(=O)O)s1. The quantitative estimate of drug-likeness (QED) is 0.933. The molecule has 1 aliphatic heterocycles. The van der Waals surface area contributed by atoms with E-state index in [-0.39, 0.29) is 17.7 Å². The van der Waals surface area contributed by atoms with Crippen molar-refractivity contribution in [3.8, 4) is 0 Å². The molecule has 1 fully saturated rings. The fourth-order valence-electron chi connectivity index (χ4n) is 3.62. The summed E-state index contributed by atoms with van der Waals surface area (Å²) in [6.07, 6.45) is 1.23. The highest BCUT2D eigenvalue weighted by Gasteiger charge is 2.49. The first kappa shape index (κ1) is 15.4. The van der Waals surface area contributed by atoms with Gasteiger partial charge < -0.3 is 10.0 Å². The van der Waals surface area contributed by atoms with Gasteiger partial charge in [0.25, 0.3) is 0 Å². The molecule has 2 aromatic rings. The molecule has 1 aromatic carbocycles. The number of amides is 1. The van der Waals surface area contributed by atoms with Crippen LogP contribution in [0.4, 0.5) is 0 Å². The van der Waals surface area contributed by atoms with Crippen LogP contribution in [-0.2, 0) is 22.6 Å². The average molecular weight is 341 g/mol. The fourth-order valence-corrected chi connectivity index (χ4v) is 4.68. The summed E-state index contributed by atoms with van der Waals surface area (Å²) < 4.78 is 0. The standard InChI is InChI=1S/C19H19NO3S/c1-11-6-7-17(24-11)14-9-15(14)18(21)20-10-13-5-3-2-4-12(13)8-16(20)19(22)23/h2-7,14-16H,8-10H2,1H3,(H,22,23)/t14-,15-,16-/m1/s1. The molecular weight excluding hydrogens is 322 g/mol. The number of aliphatic carboxylic acids is 1. The number of rotatable bonds is 3. The summed E-state index contributed by atoms with van der Waals surface area (Å²) in [6.45, 7) is 2.47. The predicted molar refractivity (Wildman–Crippen MR) is 92.0 cm³/mol. The van der Waals surface area contributed by atoms with E-state index in [1.54, 1.807) is 16.2 Å². The number of thiophene rings is 1. The van der Waals surface area contributed by atoms with Crippen molar-refractivity contribution < 1.29 is 14.7 Å². The molecule has 124 valence electrons. The monoisotopic (exact) mass is 341 g/mol. The van der Waals surface area contributed by atoms with Crippen LogP contribution in [0.25, 0.3) is 0 Å². The first-order valence-electron chi connectivity index (χ1n) is 8.21. The van der Waals surface area contributed by atoms with Crippen LogP contribution in [0.1, 0.15) is 33.2 Å². The average Bonchev–Trinajstić information content (AvgIpc) is 3.27. The van der Waals surface area contributed by atoms with Crippen molar-refractivity contribution in [2.75, 3.05) is 0 Å². The van der Waals surface area contributed by atoms with Crippen LogP contribution in [0.3, 0.4) is 0 Å². The van der Waals surface area contributed by atoms with Crippen LogP contribution in [0.2, 0.25) is 0 Å². The maximum Gasteiger partial charge on any atom is 0.326 e. The fraction of sp³-hybridized carbons (Fsp3) is 0.368. The van der Waals surface area contributed by atoms with Gasteiger partial charge in [-0.1, -0.05) is 24.3 Å². The van der Waals surface area contributed by atoms with Gasteiger partial charge in [0, 0.05) is 34.6 Å². The molecule has 0 radical (unpaired) electrons. The van der Waals surface area contributed by atoms with E-state index >= 15 is 0 Å². The molecule has 1 aliphatic carbocycles. The Balaban J connectivity index is 1.56. The summed E-state index contributed by atoms with van der Waals surface area (Å²) in [5, 5.41) is 9.58. The number of carboxylic acids is 1. The Morgan fingerprint density at radius 2 is 1.92 bits per heavy atom. The minimum Gasteiger partial charge on any atom is -0.480 e. The number of benzene rings is 1. The summed E-state index contributed by atoms with van der Waals surface area (Å²) in [5.41, 5.74) is 2.10. The van der Waals surface area contributed by atoms with Crippen molar-refractivity contribution in [3.63, 3.8) is 0 Å². The number of carbonyl (C=O) groups excluding carboxylic acids is 1. The van der Waals surface area contributed by atoms with Crippen molar-refractivity contribution in [2.45, 2.75) is 38.3 Å². The van der Waals surface area contributed by atoms with Crippen molar-refractivity contribution in [2.24, 2.45) is 5.92 Å². The minimum atomic E-state index is -0.915. The lowest BCUT2D eigenvalue weighted by atomic mass is 9.93. The molecule has 2 aliphatic rings. The van der Waals surface area contributed by atoms with Crippen LogP contribution in [0, 0.1) is 12.8 Å². The van der Waals surface area contributed by atoms with E-state index in [1.807, 2.05) is 24.3 Å². The Kier molecular flexibility index (Phi) is 3.68. The highest BCUT2D eigenvalue weighted by molar-refractivity contribution is 7.12. The zero-order valence-corrected chi connectivity index (χ0v) is 14.3. The van der Waals surface area contributed by atoms with Gasteiger partial charge in [0.05, 0.1) is 0 Å². The number of aryl methyl sites for hydroxylation is 1. The zero-order valence-electron chi connectivity index (χ0n) is 13.4. The second-order valence-electron chi connectivity index (χ2n) is 6.69. The molecule has 24 heavy (non-hydrogen) atoms. The van der Waals surface area contributed by atoms with Crippen molar-refractivity contribution in [1.82, 2.24) is 4.90 Å². The molecular formula is C19H19NO3S. The molecule has 0 saturated heterocycles. The Bertz CT molecular complexity index is 812. The lowest BCUT2D eigenvalue weighted by molar-refractivity contribution is -0.152. The second-order valence-corrected chi connectivity index (χ2v) is 8.01. The molecule has 1 aromatic heterocycles. The van der Waals surface area contributed by atoms with Crippen LogP contribution in [-0.4, -0.2) is 27.9 Å². The second kappa shape index (κ2) is 5.74. The Morgan fingerprint density at radius 1 is 1.17 bits per heavy atom. The third-order valence-electron chi connectivity index (χ3n) is 5.05. The van der Waals surface area contributed by atoms with Crippen molar-refractivity contribution in [1.29, 1.82) is 0 Å². The van der Waals surface area contributed by atoms with Gasteiger partial charge in [0.15, 0.2) is 0 Å². The smallest absolute Gasteiger partial charge is 0.326 e. The number of fused-ring (bicyclic) bond motifs is 1. The largest absolute Gasteiger partial charge is 0.480 e. The Labute approximate surface area is 144 Å². The highest BCUT2D eigenvalue weighted by Crippen LogP contribution is 2.51. The van der Waals surface area contributed by atoms with E-state index in [9.17, 15) is 14.7 Å². The number of hydrogen-bond acceptors (Lipinski definition) is 3. The lowest BCUT2D eigenvalue weighted by Gasteiger charge is -2.34. The molecule has 4 nitrogen and oxygen atoms in total. The summed E-state index contributed by atoms with van der Waals surface area (Å²) in [7, 11) is 0. The van der Waals surface area contributed by atoms with E-state index in [0.29, 0.717) is 13.0 Å². The molecule has 0 bridgehead atoms. The normalized spacial score (nSPS) is 25.2. The predicted octanol–water partition coefficient (Wildman–Crippen LogP) is 3.20. The molecule has 4 rings (SSSR count). The van der Waals surface area contributed by atoms with E-state index in [2.05, 4.69) is 19.1 Å². The van der Waals surface area contributed by atoms with Crippen LogP contribution in [0.15, 0.2) is 36.4 Å². The van der Waals surface area contributed by atoms with E-state index < -0.39 is 12.0 Å². The first-order chi connectivity index (χ1) is 11.5. The molecule has 1 saturated carbocycles. The molecule has 2 heterocycles. The third kappa shape index (κ3) is 2.63. The van der Waals surface area contributed by atoms with Crippen molar-refractivity contribution >= 4 is 23.2 Å². The van der Waals surface area contributed by atoms with E-state index in [1.165, 1.54) is 9.75 Å². The van der Waals surface area contributed by atoms with Gasteiger partial charge in [-0.25, -0.2) is 4.79 Å².